The van der Waals surface area contributed by atoms with Crippen molar-refractivity contribution < 1.29 is 14.3 Å². The van der Waals surface area contributed by atoms with Gasteiger partial charge in [0.05, 0.1) is 5.69 Å². The molecule has 1 aromatic carbocycles. The van der Waals surface area contributed by atoms with Gasteiger partial charge in [0.1, 0.15) is 5.82 Å². The van der Waals surface area contributed by atoms with Crippen molar-refractivity contribution in [3.63, 3.8) is 0 Å². The summed E-state index contributed by atoms with van der Waals surface area (Å²) in [5.74, 6) is -0.436. The number of hydrogen-bond donors (Lipinski definition) is 1. The molecule has 0 saturated heterocycles. The third-order valence-electron chi connectivity index (χ3n) is 1.81. The van der Waals surface area contributed by atoms with Gasteiger partial charge < -0.3 is 5.11 Å². The first-order valence-corrected chi connectivity index (χ1v) is 4.30. The van der Waals surface area contributed by atoms with Gasteiger partial charge >= 0.3 is 6.09 Å². The molecule has 0 aliphatic carbocycles. The Morgan fingerprint density at radius 2 is 2.14 bits per heavy atom. The Hall–Kier alpha value is -1.58. The smallest absolute Gasteiger partial charge is 0.412 e. The van der Waals surface area contributed by atoms with Crippen molar-refractivity contribution in [1.82, 2.24) is 0 Å². The van der Waals surface area contributed by atoms with Gasteiger partial charge in [-0.3, -0.25) is 4.90 Å². The molecule has 1 aromatic rings. The van der Waals surface area contributed by atoms with Crippen LogP contribution in [0.15, 0.2) is 24.3 Å². The molecule has 0 aliphatic rings. The first-order chi connectivity index (χ1) is 6.52. The predicted molar refractivity (Wildman–Crippen MR) is 52.0 cm³/mol. The third kappa shape index (κ3) is 2.22. The lowest BCUT2D eigenvalue weighted by atomic mass is 10.2. The van der Waals surface area contributed by atoms with E-state index in [9.17, 15) is 9.18 Å². The normalized spacial score (nSPS) is 10.3. The molecule has 0 radical (unpaired) electrons. The molecule has 0 bridgehead atoms. The number of anilines is 1. The van der Waals surface area contributed by atoms with E-state index < -0.39 is 11.9 Å². The summed E-state index contributed by atoms with van der Waals surface area (Å²) in [4.78, 5) is 12.0. The van der Waals surface area contributed by atoms with Crippen LogP contribution in [0, 0.1) is 5.82 Å². The van der Waals surface area contributed by atoms with Crippen LogP contribution in [0.5, 0.6) is 0 Å². The Labute approximate surface area is 81.8 Å². The summed E-state index contributed by atoms with van der Waals surface area (Å²) < 4.78 is 12.8. The molecule has 76 valence electrons. The molecule has 0 fully saturated rings. The average Bonchev–Trinajstić information content (AvgIpc) is 2.02. The highest BCUT2D eigenvalue weighted by Crippen LogP contribution is 2.18. The number of rotatable bonds is 2. The molecule has 0 atom stereocenters. The SMILES string of the molecule is CC(C)N(C(=O)O)c1cccc(F)c1. The van der Waals surface area contributed by atoms with Crippen LogP contribution in [0.2, 0.25) is 0 Å². The van der Waals surface area contributed by atoms with Gasteiger partial charge in [-0.25, -0.2) is 9.18 Å². The van der Waals surface area contributed by atoms with Gasteiger partial charge in [0, 0.05) is 6.04 Å². The fourth-order valence-corrected chi connectivity index (χ4v) is 1.26. The lowest BCUT2D eigenvalue weighted by Gasteiger charge is -2.23. The van der Waals surface area contributed by atoms with E-state index in [0.29, 0.717) is 5.69 Å². The summed E-state index contributed by atoms with van der Waals surface area (Å²) in [5.41, 5.74) is 0.354. The van der Waals surface area contributed by atoms with E-state index in [1.54, 1.807) is 19.9 Å². The van der Waals surface area contributed by atoms with Crippen molar-refractivity contribution in [2.45, 2.75) is 19.9 Å². The first kappa shape index (κ1) is 10.5. The summed E-state index contributed by atoms with van der Waals surface area (Å²) >= 11 is 0. The molecular formula is C10H12FNO2. The minimum absolute atomic E-state index is 0.214. The van der Waals surface area contributed by atoms with Gasteiger partial charge in [-0.05, 0) is 32.0 Å². The minimum Gasteiger partial charge on any atom is -0.465 e. The largest absolute Gasteiger partial charge is 0.465 e. The third-order valence-corrected chi connectivity index (χ3v) is 1.81. The van der Waals surface area contributed by atoms with Crippen LogP contribution in [0.25, 0.3) is 0 Å². The topological polar surface area (TPSA) is 40.5 Å². The van der Waals surface area contributed by atoms with E-state index >= 15 is 0 Å². The molecule has 1 amide bonds. The molecule has 0 heterocycles. The first-order valence-electron chi connectivity index (χ1n) is 4.30. The highest BCUT2D eigenvalue weighted by atomic mass is 19.1. The molecule has 14 heavy (non-hydrogen) atoms. The molecule has 0 aliphatic heterocycles. The Morgan fingerprint density at radius 1 is 1.50 bits per heavy atom. The van der Waals surface area contributed by atoms with E-state index in [1.807, 2.05) is 0 Å². The van der Waals surface area contributed by atoms with E-state index in [0.717, 1.165) is 4.90 Å². The lowest BCUT2D eigenvalue weighted by molar-refractivity contribution is 0.200. The van der Waals surface area contributed by atoms with Crippen molar-refractivity contribution >= 4 is 11.8 Å². The van der Waals surface area contributed by atoms with Crippen LogP contribution >= 0.6 is 0 Å². The summed E-state index contributed by atoms with van der Waals surface area (Å²) in [6.07, 6.45) is -1.08. The van der Waals surface area contributed by atoms with E-state index in [2.05, 4.69) is 0 Å². The van der Waals surface area contributed by atoms with Gasteiger partial charge in [-0.15, -0.1) is 0 Å². The molecule has 3 nitrogen and oxygen atoms in total. The van der Waals surface area contributed by atoms with Gasteiger partial charge in [-0.1, -0.05) is 6.07 Å². The van der Waals surface area contributed by atoms with Gasteiger partial charge in [-0.2, -0.15) is 0 Å². The molecule has 0 unspecified atom stereocenters. The number of halogens is 1. The number of carbonyl (C=O) groups is 1. The van der Waals surface area contributed by atoms with Gasteiger partial charge in [0.2, 0.25) is 0 Å². The molecule has 0 spiro atoms. The summed E-state index contributed by atoms with van der Waals surface area (Å²) in [6, 6.07) is 5.33. The fourth-order valence-electron chi connectivity index (χ4n) is 1.26. The Morgan fingerprint density at radius 3 is 2.57 bits per heavy atom. The standard InChI is InChI=1S/C10H12FNO2/c1-7(2)12(10(13)14)9-5-3-4-8(11)6-9/h3-7H,1-2H3,(H,13,14). The highest BCUT2D eigenvalue weighted by Gasteiger charge is 2.17. The number of carboxylic acid groups (broad SMARTS) is 1. The van der Waals surface area contributed by atoms with Crippen molar-refractivity contribution in [2.75, 3.05) is 4.90 Å². The Bertz CT molecular complexity index is 339. The average molecular weight is 197 g/mol. The van der Waals surface area contributed by atoms with Crippen LogP contribution in [-0.4, -0.2) is 17.2 Å². The number of nitrogens with zero attached hydrogens (tertiary/aromatic N) is 1. The van der Waals surface area contributed by atoms with Crippen LogP contribution < -0.4 is 4.90 Å². The maximum atomic E-state index is 12.8. The number of amides is 1. The molecule has 0 aromatic heterocycles. The minimum atomic E-state index is -1.08. The van der Waals surface area contributed by atoms with E-state index in [4.69, 9.17) is 5.11 Å². The maximum absolute atomic E-state index is 12.8. The lowest BCUT2D eigenvalue weighted by Crippen LogP contribution is -2.35. The van der Waals surface area contributed by atoms with Crippen molar-refractivity contribution in [3.8, 4) is 0 Å². The molecule has 1 N–H and O–H groups in total. The number of hydrogen-bond acceptors (Lipinski definition) is 1. The van der Waals surface area contributed by atoms with Crippen molar-refractivity contribution in [1.29, 1.82) is 0 Å². The van der Waals surface area contributed by atoms with Gasteiger partial charge in [0.15, 0.2) is 0 Å². The monoisotopic (exact) mass is 197 g/mol. The second-order valence-electron chi connectivity index (χ2n) is 3.23. The fraction of sp³-hybridized carbons (Fsp3) is 0.300. The zero-order chi connectivity index (χ0) is 10.7. The Balaban J connectivity index is 3.05. The zero-order valence-electron chi connectivity index (χ0n) is 8.07. The molecular weight excluding hydrogens is 185 g/mol. The number of benzene rings is 1. The van der Waals surface area contributed by atoms with E-state index in [-0.39, 0.29) is 6.04 Å². The molecule has 1 rings (SSSR count). The maximum Gasteiger partial charge on any atom is 0.412 e. The highest BCUT2D eigenvalue weighted by molar-refractivity contribution is 5.86. The van der Waals surface area contributed by atoms with Crippen LogP contribution in [0.4, 0.5) is 14.9 Å². The predicted octanol–water partition coefficient (Wildman–Crippen LogP) is 2.72. The van der Waals surface area contributed by atoms with Gasteiger partial charge in [0.25, 0.3) is 0 Å². The van der Waals surface area contributed by atoms with Crippen LogP contribution in [0.1, 0.15) is 13.8 Å². The summed E-state index contributed by atoms with van der Waals surface area (Å²) in [5, 5.41) is 8.89. The van der Waals surface area contributed by atoms with Crippen molar-refractivity contribution in [3.05, 3.63) is 30.1 Å². The summed E-state index contributed by atoms with van der Waals surface area (Å²) in [6.45, 7) is 3.47. The zero-order valence-corrected chi connectivity index (χ0v) is 8.07. The molecule has 0 saturated carbocycles. The quantitative estimate of drug-likeness (QED) is 0.791. The second kappa shape index (κ2) is 4.09. The second-order valence-corrected chi connectivity index (χ2v) is 3.23. The Kier molecular flexibility index (Phi) is 3.06. The molecule has 4 heteroatoms. The van der Waals surface area contributed by atoms with Crippen LogP contribution in [-0.2, 0) is 0 Å². The summed E-state index contributed by atoms with van der Waals surface area (Å²) in [7, 11) is 0. The van der Waals surface area contributed by atoms with Crippen LogP contribution in [0.3, 0.4) is 0 Å². The van der Waals surface area contributed by atoms with E-state index in [1.165, 1.54) is 18.2 Å². The van der Waals surface area contributed by atoms with Crippen molar-refractivity contribution in [2.24, 2.45) is 0 Å².